The van der Waals surface area contributed by atoms with Crippen LogP contribution in [0.4, 0.5) is 0 Å². The number of carbonyl (C=O) groups is 1. The summed E-state index contributed by atoms with van der Waals surface area (Å²) in [6.07, 6.45) is 2.92. The van der Waals surface area contributed by atoms with Crippen LogP contribution >= 0.6 is 0 Å². The molecule has 2 N–H and O–H groups in total. The van der Waals surface area contributed by atoms with Gasteiger partial charge in [0.2, 0.25) is 10.0 Å². The van der Waals surface area contributed by atoms with Crippen LogP contribution in [0.2, 0.25) is 0 Å². The van der Waals surface area contributed by atoms with Crippen molar-refractivity contribution in [3.05, 3.63) is 29.8 Å². The highest BCUT2D eigenvalue weighted by molar-refractivity contribution is 7.89. The van der Waals surface area contributed by atoms with Gasteiger partial charge in [0, 0.05) is 6.04 Å². The predicted octanol–water partition coefficient (Wildman–Crippen LogP) is 1.85. The molecule has 2 atom stereocenters. The Balaban J connectivity index is 2.17. The summed E-state index contributed by atoms with van der Waals surface area (Å²) < 4.78 is 27.0. The van der Waals surface area contributed by atoms with Gasteiger partial charge in [-0.25, -0.2) is 17.9 Å². The van der Waals surface area contributed by atoms with E-state index >= 15 is 0 Å². The third-order valence-corrected chi connectivity index (χ3v) is 5.09. The molecule has 0 heterocycles. The fraction of sp³-hybridized carbons (Fsp3) is 0.462. The standard InChI is InChI=1S/C13H17NO4S/c1-9-3-2-4-12(9)14-19(17,18)11-7-5-10(6-8-11)13(15)16/h5-9,12,14H,2-4H2,1H3,(H,15,16). The van der Waals surface area contributed by atoms with Crippen LogP contribution in [0.15, 0.2) is 29.2 Å². The minimum absolute atomic E-state index is 0.0239. The molecular weight excluding hydrogens is 266 g/mol. The zero-order valence-electron chi connectivity index (χ0n) is 10.7. The number of benzene rings is 1. The van der Waals surface area contributed by atoms with Crippen LogP contribution < -0.4 is 4.72 Å². The Morgan fingerprint density at radius 1 is 1.26 bits per heavy atom. The molecule has 0 radical (unpaired) electrons. The van der Waals surface area contributed by atoms with Gasteiger partial charge in [0.05, 0.1) is 10.5 Å². The summed E-state index contributed by atoms with van der Waals surface area (Å²) in [5, 5.41) is 8.78. The number of carboxylic acid groups (broad SMARTS) is 1. The van der Waals surface area contributed by atoms with E-state index in [9.17, 15) is 13.2 Å². The summed E-state index contributed by atoms with van der Waals surface area (Å²) in [4.78, 5) is 10.8. The summed E-state index contributed by atoms with van der Waals surface area (Å²) in [7, 11) is -3.56. The first-order valence-electron chi connectivity index (χ1n) is 6.26. The lowest BCUT2D eigenvalue weighted by Crippen LogP contribution is -2.36. The van der Waals surface area contributed by atoms with Crippen LogP contribution in [0.3, 0.4) is 0 Å². The summed E-state index contributed by atoms with van der Waals surface area (Å²) >= 11 is 0. The Hall–Kier alpha value is -1.40. The van der Waals surface area contributed by atoms with Crippen molar-refractivity contribution in [1.82, 2.24) is 4.72 Å². The second-order valence-electron chi connectivity index (χ2n) is 4.97. The van der Waals surface area contributed by atoms with Crippen molar-refractivity contribution in [2.75, 3.05) is 0 Å². The average molecular weight is 283 g/mol. The molecule has 1 aromatic rings. The van der Waals surface area contributed by atoms with Gasteiger partial charge in [-0.2, -0.15) is 0 Å². The van der Waals surface area contributed by atoms with E-state index in [0.29, 0.717) is 5.92 Å². The van der Waals surface area contributed by atoms with E-state index in [2.05, 4.69) is 4.72 Å². The van der Waals surface area contributed by atoms with Gasteiger partial charge in [-0.15, -0.1) is 0 Å². The first kappa shape index (κ1) is 14.0. The van der Waals surface area contributed by atoms with E-state index < -0.39 is 16.0 Å². The number of sulfonamides is 1. The first-order chi connectivity index (χ1) is 8.90. The van der Waals surface area contributed by atoms with Crippen molar-refractivity contribution < 1.29 is 18.3 Å². The minimum atomic E-state index is -3.56. The zero-order valence-corrected chi connectivity index (χ0v) is 11.5. The highest BCUT2D eigenvalue weighted by Crippen LogP contribution is 2.26. The normalized spacial score (nSPS) is 23.4. The molecule has 2 unspecified atom stereocenters. The number of aromatic carboxylic acids is 1. The lowest BCUT2D eigenvalue weighted by molar-refractivity contribution is 0.0696. The highest BCUT2D eigenvalue weighted by atomic mass is 32.2. The lowest BCUT2D eigenvalue weighted by atomic mass is 10.1. The molecule has 1 aliphatic carbocycles. The van der Waals surface area contributed by atoms with Gasteiger partial charge in [-0.05, 0) is 43.0 Å². The Morgan fingerprint density at radius 3 is 2.37 bits per heavy atom. The first-order valence-corrected chi connectivity index (χ1v) is 7.74. The van der Waals surface area contributed by atoms with Gasteiger partial charge >= 0.3 is 5.97 Å². The number of nitrogens with one attached hydrogen (secondary N) is 1. The van der Waals surface area contributed by atoms with Crippen LogP contribution in [-0.2, 0) is 10.0 Å². The monoisotopic (exact) mass is 283 g/mol. The Morgan fingerprint density at radius 2 is 1.89 bits per heavy atom. The number of hydrogen-bond acceptors (Lipinski definition) is 3. The molecular formula is C13H17NO4S. The molecule has 5 nitrogen and oxygen atoms in total. The minimum Gasteiger partial charge on any atom is -0.478 e. The maximum Gasteiger partial charge on any atom is 0.335 e. The van der Waals surface area contributed by atoms with Gasteiger partial charge < -0.3 is 5.11 Å². The molecule has 1 saturated carbocycles. The Labute approximate surface area is 112 Å². The molecule has 6 heteroatoms. The quantitative estimate of drug-likeness (QED) is 0.883. The molecule has 0 saturated heterocycles. The van der Waals surface area contributed by atoms with Gasteiger partial charge in [0.15, 0.2) is 0 Å². The molecule has 0 bridgehead atoms. The van der Waals surface area contributed by atoms with Crippen molar-refractivity contribution in [3.8, 4) is 0 Å². The van der Waals surface area contributed by atoms with Crippen LogP contribution in [0.25, 0.3) is 0 Å². The summed E-state index contributed by atoms with van der Waals surface area (Å²) in [5.74, 6) is -0.727. The maximum atomic E-state index is 12.2. The topological polar surface area (TPSA) is 83.5 Å². The summed E-state index contributed by atoms with van der Waals surface area (Å²) in [5.41, 5.74) is 0.0770. The second-order valence-corrected chi connectivity index (χ2v) is 6.68. The van der Waals surface area contributed by atoms with Crippen LogP contribution in [0.5, 0.6) is 0 Å². The fourth-order valence-electron chi connectivity index (χ4n) is 2.36. The molecule has 2 rings (SSSR count). The van der Waals surface area contributed by atoms with Crippen molar-refractivity contribution in [2.45, 2.75) is 37.1 Å². The number of carboxylic acids is 1. The third kappa shape index (κ3) is 3.13. The molecule has 19 heavy (non-hydrogen) atoms. The summed E-state index contributed by atoms with van der Waals surface area (Å²) in [6.45, 7) is 2.04. The maximum absolute atomic E-state index is 12.2. The Bertz CT molecular complexity index is 565. The fourth-order valence-corrected chi connectivity index (χ4v) is 3.74. The average Bonchev–Trinajstić information content (AvgIpc) is 2.74. The van der Waals surface area contributed by atoms with Crippen LogP contribution in [0.1, 0.15) is 36.5 Å². The Kier molecular flexibility index (Phi) is 3.91. The molecule has 0 aromatic heterocycles. The smallest absolute Gasteiger partial charge is 0.335 e. The summed E-state index contributed by atoms with van der Waals surface area (Å²) in [6, 6.07) is 5.23. The SMILES string of the molecule is CC1CCCC1NS(=O)(=O)c1ccc(C(=O)O)cc1. The van der Waals surface area contributed by atoms with E-state index in [1.54, 1.807) is 0 Å². The largest absolute Gasteiger partial charge is 0.478 e. The van der Waals surface area contributed by atoms with Crippen molar-refractivity contribution in [2.24, 2.45) is 5.92 Å². The van der Waals surface area contributed by atoms with E-state index in [4.69, 9.17) is 5.11 Å². The third-order valence-electron chi connectivity index (χ3n) is 3.58. The molecule has 0 spiro atoms. The van der Waals surface area contributed by atoms with E-state index in [1.165, 1.54) is 24.3 Å². The van der Waals surface area contributed by atoms with E-state index in [0.717, 1.165) is 19.3 Å². The van der Waals surface area contributed by atoms with Crippen LogP contribution in [-0.4, -0.2) is 25.5 Å². The van der Waals surface area contributed by atoms with Crippen molar-refractivity contribution in [1.29, 1.82) is 0 Å². The van der Waals surface area contributed by atoms with E-state index in [-0.39, 0.29) is 16.5 Å². The molecule has 0 aliphatic heterocycles. The lowest BCUT2D eigenvalue weighted by Gasteiger charge is -2.17. The highest BCUT2D eigenvalue weighted by Gasteiger charge is 2.28. The van der Waals surface area contributed by atoms with Gasteiger partial charge in [-0.3, -0.25) is 0 Å². The number of rotatable bonds is 4. The van der Waals surface area contributed by atoms with Crippen molar-refractivity contribution in [3.63, 3.8) is 0 Å². The van der Waals surface area contributed by atoms with Gasteiger partial charge in [-0.1, -0.05) is 13.3 Å². The molecule has 0 amide bonds. The van der Waals surface area contributed by atoms with Crippen molar-refractivity contribution >= 4 is 16.0 Å². The van der Waals surface area contributed by atoms with Gasteiger partial charge in [0.25, 0.3) is 0 Å². The molecule has 1 fully saturated rings. The number of hydrogen-bond donors (Lipinski definition) is 2. The predicted molar refractivity (Wildman–Crippen MR) is 70.5 cm³/mol. The van der Waals surface area contributed by atoms with Gasteiger partial charge in [0.1, 0.15) is 0 Å². The van der Waals surface area contributed by atoms with Crippen LogP contribution in [0, 0.1) is 5.92 Å². The molecule has 1 aromatic carbocycles. The molecule has 104 valence electrons. The van der Waals surface area contributed by atoms with E-state index in [1.807, 2.05) is 6.92 Å². The second kappa shape index (κ2) is 5.30. The zero-order chi connectivity index (χ0) is 14.0. The molecule has 1 aliphatic rings.